The van der Waals surface area contributed by atoms with E-state index < -0.39 is 0 Å². The van der Waals surface area contributed by atoms with Crippen LogP contribution in [0.4, 0.5) is 0 Å². The highest BCUT2D eigenvalue weighted by Gasteiger charge is 2.33. The van der Waals surface area contributed by atoms with Gasteiger partial charge in [-0.2, -0.15) is 0 Å². The molecule has 1 aliphatic carbocycles. The quantitative estimate of drug-likeness (QED) is 0.232. The zero-order valence-corrected chi connectivity index (χ0v) is 22.1. The van der Waals surface area contributed by atoms with Gasteiger partial charge in [-0.25, -0.2) is 4.99 Å². The van der Waals surface area contributed by atoms with Crippen molar-refractivity contribution in [2.24, 2.45) is 4.99 Å². The molecule has 1 aliphatic heterocycles. The van der Waals surface area contributed by atoms with Crippen LogP contribution in [0.1, 0.15) is 34.0 Å². The average molecular weight is 527 g/mol. The molecular weight excluding hydrogens is 505 g/mol. The fourth-order valence-corrected chi connectivity index (χ4v) is 7.88. The molecule has 3 nitrogen and oxygen atoms in total. The molecule has 38 heavy (non-hydrogen) atoms. The molecule has 0 fully saturated rings. The van der Waals surface area contributed by atoms with Gasteiger partial charge in [0.05, 0.1) is 16.3 Å². The van der Waals surface area contributed by atoms with Crippen LogP contribution in [0.5, 0.6) is 0 Å². The van der Waals surface area contributed by atoms with E-state index in [4.69, 9.17) is 4.99 Å². The summed E-state index contributed by atoms with van der Waals surface area (Å²) in [5.74, 6) is 0. The Morgan fingerprint density at radius 2 is 1.58 bits per heavy atom. The third kappa shape index (κ3) is 3.25. The normalized spacial score (nSPS) is 16.8. The molecule has 0 amide bonds. The van der Waals surface area contributed by atoms with Gasteiger partial charge in [-0.05, 0) is 74.7 Å². The van der Waals surface area contributed by atoms with Crippen LogP contribution in [0.25, 0.3) is 33.3 Å². The van der Waals surface area contributed by atoms with Crippen LogP contribution < -0.4 is 14.9 Å². The van der Waals surface area contributed by atoms with Crippen molar-refractivity contribution in [2.45, 2.75) is 18.9 Å². The summed E-state index contributed by atoms with van der Waals surface area (Å²) in [6.45, 7) is 0. The maximum Gasteiger partial charge on any atom is 0.271 e. The van der Waals surface area contributed by atoms with E-state index in [1.165, 1.54) is 43.7 Å². The molecule has 1 atom stereocenters. The molecule has 0 radical (unpaired) electrons. The summed E-state index contributed by atoms with van der Waals surface area (Å²) in [5, 5.41) is 6.76. The van der Waals surface area contributed by atoms with Crippen LogP contribution in [0.3, 0.4) is 0 Å². The van der Waals surface area contributed by atoms with Gasteiger partial charge in [0, 0.05) is 10.4 Å². The second-order valence-corrected chi connectivity index (χ2v) is 11.9. The number of aromatic nitrogens is 1. The smallest absolute Gasteiger partial charge is 0.271 e. The largest absolute Gasteiger partial charge is 0.271 e. The zero-order chi connectivity index (χ0) is 25.2. The van der Waals surface area contributed by atoms with Crippen molar-refractivity contribution in [3.63, 3.8) is 0 Å². The van der Waals surface area contributed by atoms with Crippen molar-refractivity contribution in [3.05, 3.63) is 143 Å². The van der Waals surface area contributed by atoms with Crippen molar-refractivity contribution in [1.82, 2.24) is 4.57 Å². The molecule has 0 N–H and O–H groups in total. The summed E-state index contributed by atoms with van der Waals surface area (Å²) < 4.78 is 2.67. The molecule has 182 valence electrons. The van der Waals surface area contributed by atoms with Gasteiger partial charge in [0.15, 0.2) is 4.80 Å². The Balaban J connectivity index is 1.44. The minimum Gasteiger partial charge on any atom is -0.271 e. The topological polar surface area (TPSA) is 34.4 Å². The molecular formula is C33H22N2OS2. The van der Waals surface area contributed by atoms with Crippen LogP contribution in [-0.4, -0.2) is 4.57 Å². The van der Waals surface area contributed by atoms with E-state index in [0.29, 0.717) is 0 Å². The van der Waals surface area contributed by atoms with Crippen molar-refractivity contribution < 1.29 is 0 Å². The minimum absolute atomic E-state index is 0.0366. The molecule has 8 rings (SSSR count). The van der Waals surface area contributed by atoms with Gasteiger partial charge in [0.1, 0.15) is 0 Å². The van der Waals surface area contributed by atoms with Crippen molar-refractivity contribution in [1.29, 1.82) is 0 Å². The van der Waals surface area contributed by atoms with Crippen molar-refractivity contribution in [2.75, 3.05) is 0 Å². The number of allylic oxidation sites excluding steroid dienone is 1. The second-order valence-electron chi connectivity index (χ2n) is 9.86. The third-order valence-corrected chi connectivity index (χ3v) is 9.68. The summed E-state index contributed by atoms with van der Waals surface area (Å²) in [7, 11) is 0. The number of thiazole rings is 1. The van der Waals surface area contributed by atoms with Crippen LogP contribution in [-0.2, 0) is 6.42 Å². The third-order valence-electron chi connectivity index (χ3n) is 7.77. The number of aryl methyl sites for hydroxylation is 1. The number of fused-ring (bicyclic) bond motifs is 5. The monoisotopic (exact) mass is 526 g/mol. The number of rotatable bonds is 2. The molecule has 2 aromatic heterocycles. The van der Waals surface area contributed by atoms with E-state index in [2.05, 4.69) is 102 Å². The minimum atomic E-state index is -0.110. The number of hydrogen-bond acceptors (Lipinski definition) is 4. The van der Waals surface area contributed by atoms with Gasteiger partial charge in [0.2, 0.25) is 0 Å². The molecule has 0 unspecified atom stereocenters. The Morgan fingerprint density at radius 1 is 0.842 bits per heavy atom. The second kappa shape index (κ2) is 8.48. The van der Waals surface area contributed by atoms with Gasteiger partial charge in [-0.15, -0.1) is 11.3 Å². The lowest BCUT2D eigenvalue weighted by atomic mass is 9.85. The van der Waals surface area contributed by atoms with Crippen LogP contribution in [0.2, 0.25) is 0 Å². The predicted molar refractivity (Wildman–Crippen MR) is 159 cm³/mol. The first-order valence-corrected chi connectivity index (χ1v) is 14.5. The summed E-state index contributed by atoms with van der Waals surface area (Å²) in [5.41, 5.74) is 5.96. The standard InChI is InChI=1S/C33H22N2OS2/c36-32-29(19-27-23-11-4-2-9-21(23)18-22-10-3-5-12-24(22)27)38-33-34-30-25-13-6-1-8-20(25)15-16-26(30)31(35(32)33)28-14-7-17-37-28/h1-14,17-19,31H,15-16H2/b29-19+/t31-/m0/s1. The van der Waals surface area contributed by atoms with E-state index in [0.717, 1.165) is 44.2 Å². The Hall–Kier alpha value is -4.06. The Labute approximate surface area is 227 Å². The Morgan fingerprint density at radius 3 is 2.34 bits per heavy atom. The highest BCUT2D eigenvalue weighted by atomic mass is 32.1. The Kier molecular flexibility index (Phi) is 4.90. The fourth-order valence-electron chi connectivity index (χ4n) is 6.05. The molecule has 0 saturated carbocycles. The number of thiophene rings is 1. The maximum atomic E-state index is 14.2. The number of nitrogens with zero attached hydrogens (tertiary/aromatic N) is 2. The van der Waals surface area contributed by atoms with Gasteiger partial charge in [0.25, 0.3) is 5.56 Å². The van der Waals surface area contributed by atoms with E-state index in [1.54, 1.807) is 11.3 Å². The Bertz CT molecular complexity index is 2060. The molecule has 4 aromatic carbocycles. The summed E-state index contributed by atoms with van der Waals surface area (Å²) in [6.07, 6.45) is 3.98. The molecule has 2 aliphatic rings. The maximum absolute atomic E-state index is 14.2. The summed E-state index contributed by atoms with van der Waals surface area (Å²) in [4.78, 5) is 21.3. The molecule has 3 heterocycles. The molecule has 5 heteroatoms. The first kappa shape index (κ1) is 22.0. The molecule has 0 saturated heterocycles. The van der Waals surface area contributed by atoms with Crippen LogP contribution in [0.15, 0.2) is 112 Å². The van der Waals surface area contributed by atoms with Crippen LogP contribution in [0, 0.1) is 0 Å². The van der Waals surface area contributed by atoms with E-state index in [9.17, 15) is 4.79 Å². The van der Waals surface area contributed by atoms with E-state index >= 15 is 0 Å². The lowest BCUT2D eigenvalue weighted by Crippen LogP contribution is -2.38. The fraction of sp³-hybridized carbons (Fsp3) is 0.0909. The lowest BCUT2D eigenvalue weighted by Gasteiger charge is -2.30. The first-order valence-electron chi connectivity index (χ1n) is 12.8. The number of hydrogen-bond donors (Lipinski definition) is 0. The molecule has 6 aromatic rings. The van der Waals surface area contributed by atoms with Crippen molar-refractivity contribution in [3.8, 4) is 0 Å². The van der Waals surface area contributed by atoms with Crippen LogP contribution >= 0.6 is 22.7 Å². The lowest BCUT2D eigenvalue weighted by molar-refractivity contribution is 0.593. The van der Waals surface area contributed by atoms with Gasteiger partial charge >= 0.3 is 0 Å². The summed E-state index contributed by atoms with van der Waals surface area (Å²) in [6, 6.07) is 31.8. The van der Waals surface area contributed by atoms with Crippen molar-refractivity contribution >= 4 is 56.0 Å². The van der Waals surface area contributed by atoms with E-state index in [1.807, 2.05) is 4.57 Å². The molecule has 0 bridgehead atoms. The van der Waals surface area contributed by atoms with Gasteiger partial charge in [-0.1, -0.05) is 90.2 Å². The SMILES string of the molecule is O=c1/c(=C\c2c3ccccc3cc3ccccc23)sc2n1[C@H](c1cccs1)C1=C(N=2)c2ccccc2CC1. The number of benzene rings is 4. The average Bonchev–Trinajstić information content (AvgIpc) is 3.60. The summed E-state index contributed by atoms with van der Waals surface area (Å²) >= 11 is 3.22. The van der Waals surface area contributed by atoms with Gasteiger partial charge in [-0.3, -0.25) is 9.36 Å². The predicted octanol–water partition coefficient (Wildman–Crippen LogP) is 6.69. The highest BCUT2D eigenvalue weighted by Crippen LogP contribution is 2.42. The van der Waals surface area contributed by atoms with E-state index in [-0.39, 0.29) is 11.6 Å². The highest BCUT2D eigenvalue weighted by molar-refractivity contribution is 7.10. The molecule has 0 spiro atoms. The van der Waals surface area contributed by atoms with Gasteiger partial charge < -0.3 is 0 Å². The zero-order valence-electron chi connectivity index (χ0n) is 20.4. The first-order chi connectivity index (χ1) is 18.8.